The number of aryl methyl sites for hydroxylation is 1. The highest BCUT2D eigenvalue weighted by molar-refractivity contribution is 5.71. The third-order valence-corrected chi connectivity index (χ3v) is 3.29. The molecule has 21 heavy (non-hydrogen) atoms. The Balaban J connectivity index is 0.000000677. The predicted octanol–water partition coefficient (Wildman–Crippen LogP) is 2.99. The lowest BCUT2D eigenvalue weighted by Gasteiger charge is -2.13. The number of aromatic hydroxyl groups is 2. The smallest absolute Gasteiger partial charge is 0.204 e. The van der Waals surface area contributed by atoms with Crippen LogP contribution in [0.4, 0.5) is 0 Å². The minimum atomic E-state index is -0.0801. The van der Waals surface area contributed by atoms with E-state index in [-0.39, 0.29) is 17.9 Å². The van der Waals surface area contributed by atoms with Crippen molar-refractivity contribution >= 4 is 6.41 Å². The van der Waals surface area contributed by atoms with E-state index in [1.807, 2.05) is 12.1 Å². The third-order valence-electron chi connectivity index (χ3n) is 3.29. The van der Waals surface area contributed by atoms with Crippen LogP contribution in [0.5, 0.6) is 11.5 Å². The molecule has 0 bridgehead atoms. The fraction of sp³-hybridized carbons (Fsp3) is 0.235. The molecule has 2 rings (SSSR count). The summed E-state index contributed by atoms with van der Waals surface area (Å²) >= 11 is 0. The van der Waals surface area contributed by atoms with Crippen LogP contribution >= 0.6 is 0 Å². The number of nitrogens with two attached hydrogens (primary N) is 1. The van der Waals surface area contributed by atoms with E-state index < -0.39 is 0 Å². The Kier molecular flexibility index (Phi) is 6.27. The number of hydrogen-bond donors (Lipinski definition) is 3. The number of rotatable bonds is 3. The number of phenolic OH excluding ortho intramolecular Hbond substituents is 2. The third kappa shape index (κ3) is 3.99. The molecule has 0 aromatic heterocycles. The summed E-state index contributed by atoms with van der Waals surface area (Å²) in [6, 6.07) is 11.2. The molecule has 112 valence electrons. The molecule has 0 aliphatic rings. The van der Waals surface area contributed by atoms with Crippen molar-refractivity contribution in [2.24, 2.45) is 5.73 Å². The molecule has 0 saturated carbocycles. The monoisotopic (exact) mass is 287 g/mol. The lowest BCUT2D eigenvalue weighted by Crippen LogP contribution is -1.94. The van der Waals surface area contributed by atoms with Gasteiger partial charge in [0.25, 0.3) is 0 Å². The molecule has 1 amide bonds. The maximum atomic E-state index is 9.60. The molecule has 0 spiro atoms. The molecule has 0 saturated heterocycles. The molecule has 0 radical (unpaired) electrons. The van der Waals surface area contributed by atoms with Gasteiger partial charge in [0.15, 0.2) is 11.5 Å². The lowest BCUT2D eigenvalue weighted by atomic mass is 9.92. The predicted molar refractivity (Wildman–Crippen MR) is 84.2 cm³/mol. The van der Waals surface area contributed by atoms with Crippen LogP contribution in [-0.2, 0) is 17.6 Å². The van der Waals surface area contributed by atoms with Gasteiger partial charge in [0, 0.05) is 0 Å². The molecular weight excluding hydrogens is 266 g/mol. The number of phenols is 2. The molecule has 0 fully saturated rings. The van der Waals surface area contributed by atoms with Crippen molar-refractivity contribution in [1.29, 1.82) is 0 Å². The first kappa shape index (κ1) is 16.6. The van der Waals surface area contributed by atoms with Crippen LogP contribution < -0.4 is 5.73 Å². The van der Waals surface area contributed by atoms with Gasteiger partial charge >= 0.3 is 0 Å². The Morgan fingerprint density at radius 3 is 2.24 bits per heavy atom. The Morgan fingerprint density at radius 2 is 1.71 bits per heavy atom. The number of hydrogen-bond acceptors (Lipinski definition) is 3. The zero-order valence-corrected chi connectivity index (χ0v) is 12.3. The molecular formula is C17H21NO3. The van der Waals surface area contributed by atoms with E-state index in [0.29, 0.717) is 0 Å². The minimum Gasteiger partial charge on any atom is -0.504 e. The number of carbonyl (C=O) groups excluding carboxylic acids is 1. The summed E-state index contributed by atoms with van der Waals surface area (Å²) < 4.78 is 0. The van der Waals surface area contributed by atoms with Gasteiger partial charge in [-0.05, 0) is 47.2 Å². The fourth-order valence-electron chi connectivity index (χ4n) is 2.34. The number of amides is 1. The molecule has 0 aliphatic heterocycles. The van der Waals surface area contributed by atoms with Crippen molar-refractivity contribution in [3.8, 4) is 22.6 Å². The van der Waals surface area contributed by atoms with Gasteiger partial charge in [-0.2, -0.15) is 0 Å². The van der Waals surface area contributed by atoms with Gasteiger partial charge in [0.05, 0.1) is 0 Å². The number of benzene rings is 2. The molecule has 2 aromatic carbocycles. The van der Waals surface area contributed by atoms with Crippen molar-refractivity contribution in [3.63, 3.8) is 0 Å². The Labute approximate surface area is 124 Å². The van der Waals surface area contributed by atoms with E-state index in [1.54, 1.807) is 6.07 Å². The summed E-state index contributed by atoms with van der Waals surface area (Å²) in [6.45, 7) is 4.28. The number of primary amides is 1. The van der Waals surface area contributed by atoms with Crippen LogP contribution in [0.1, 0.15) is 25.0 Å². The zero-order valence-electron chi connectivity index (χ0n) is 12.3. The summed E-state index contributed by atoms with van der Waals surface area (Å²) in [7, 11) is 0. The molecule has 0 aliphatic carbocycles. The molecule has 0 heterocycles. The highest BCUT2D eigenvalue weighted by Gasteiger charge is 2.09. The highest BCUT2D eigenvalue weighted by atomic mass is 16.3. The van der Waals surface area contributed by atoms with Gasteiger partial charge in [0.2, 0.25) is 6.41 Å². The Morgan fingerprint density at radius 1 is 1.05 bits per heavy atom. The Hall–Kier alpha value is -2.49. The zero-order chi connectivity index (χ0) is 15.8. The van der Waals surface area contributed by atoms with E-state index in [1.165, 1.54) is 17.2 Å². The van der Waals surface area contributed by atoms with Crippen LogP contribution in [0.3, 0.4) is 0 Å². The summed E-state index contributed by atoms with van der Waals surface area (Å²) in [4.78, 5) is 8.58. The molecule has 0 unspecified atom stereocenters. The second-order valence-electron chi connectivity index (χ2n) is 4.49. The topological polar surface area (TPSA) is 83.6 Å². The fourth-order valence-corrected chi connectivity index (χ4v) is 2.34. The largest absolute Gasteiger partial charge is 0.504 e. The average Bonchev–Trinajstić information content (AvgIpc) is 2.50. The second-order valence-corrected chi connectivity index (χ2v) is 4.49. The van der Waals surface area contributed by atoms with Crippen molar-refractivity contribution < 1.29 is 15.0 Å². The van der Waals surface area contributed by atoms with Crippen LogP contribution in [0.15, 0.2) is 36.4 Å². The van der Waals surface area contributed by atoms with Gasteiger partial charge < -0.3 is 15.9 Å². The van der Waals surface area contributed by atoms with Gasteiger partial charge in [-0.15, -0.1) is 0 Å². The Bertz CT molecular complexity index is 609. The first-order valence-corrected chi connectivity index (χ1v) is 6.87. The van der Waals surface area contributed by atoms with Crippen molar-refractivity contribution in [2.45, 2.75) is 26.7 Å². The SMILES string of the molecule is CCc1cccc(-c2ccc(O)c(O)c2)c1CC.NC=O. The van der Waals surface area contributed by atoms with Crippen molar-refractivity contribution in [3.05, 3.63) is 47.5 Å². The first-order chi connectivity index (χ1) is 10.1. The van der Waals surface area contributed by atoms with Gasteiger partial charge in [-0.25, -0.2) is 0 Å². The first-order valence-electron chi connectivity index (χ1n) is 6.87. The quantitative estimate of drug-likeness (QED) is 0.599. The van der Waals surface area contributed by atoms with Crippen LogP contribution in [0.25, 0.3) is 11.1 Å². The summed E-state index contributed by atoms with van der Waals surface area (Å²) in [6.07, 6.45) is 2.21. The summed E-state index contributed by atoms with van der Waals surface area (Å²) in [5, 5.41) is 19.0. The minimum absolute atomic E-state index is 0.0727. The van der Waals surface area contributed by atoms with Gasteiger partial charge in [-0.1, -0.05) is 38.1 Å². The van der Waals surface area contributed by atoms with Gasteiger partial charge in [0.1, 0.15) is 0 Å². The lowest BCUT2D eigenvalue weighted by molar-refractivity contribution is -0.106. The van der Waals surface area contributed by atoms with E-state index in [9.17, 15) is 10.2 Å². The van der Waals surface area contributed by atoms with Crippen LogP contribution in [0, 0.1) is 0 Å². The highest BCUT2D eigenvalue weighted by Crippen LogP contribution is 2.33. The summed E-state index contributed by atoms with van der Waals surface area (Å²) in [5.41, 5.74) is 8.89. The van der Waals surface area contributed by atoms with Gasteiger partial charge in [-0.3, -0.25) is 4.79 Å². The normalized spacial score (nSPS) is 9.62. The molecule has 4 nitrogen and oxygen atoms in total. The summed E-state index contributed by atoms with van der Waals surface area (Å²) in [5.74, 6) is -0.153. The maximum Gasteiger partial charge on any atom is 0.204 e. The van der Waals surface area contributed by atoms with E-state index in [0.717, 1.165) is 24.0 Å². The maximum absolute atomic E-state index is 9.60. The van der Waals surface area contributed by atoms with Crippen LogP contribution in [-0.4, -0.2) is 16.6 Å². The molecule has 4 N–H and O–H groups in total. The molecule has 0 atom stereocenters. The standard InChI is InChI=1S/C16H18O2.CH3NO/c1-3-11-6-5-7-14(13(11)4-2)12-8-9-15(17)16(18)10-12;2-1-3/h5-10,17-18H,3-4H2,1-2H3;1H,(H2,2,3). The van der Waals surface area contributed by atoms with Crippen molar-refractivity contribution in [1.82, 2.24) is 0 Å². The van der Waals surface area contributed by atoms with E-state index in [4.69, 9.17) is 4.79 Å². The second kappa shape index (κ2) is 7.94. The molecule has 2 aromatic rings. The van der Waals surface area contributed by atoms with Crippen LogP contribution in [0.2, 0.25) is 0 Å². The number of carbonyl (C=O) groups is 1. The average molecular weight is 287 g/mol. The van der Waals surface area contributed by atoms with E-state index >= 15 is 0 Å². The van der Waals surface area contributed by atoms with E-state index in [2.05, 4.69) is 31.7 Å². The molecule has 4 heteroatoms. The van der Waals surface area contributed by atoms with Crippen molar-refractivity contribution in [2.75, 3.05) is 0 Å².